The summed E-state index contributed by atoms with van der Waals surface area (Å²) in [5.41, 5.74) is 6.12. The average Bonchev–Trinajstić information content (AvgIpc) is 3.31. The van der Waals surface area contributed by atoms with Crippen LogP contribution in [0.5, 0.6) is 0 Å². The fourth-order valence-corrected chi connectivity index (χ4v) is 2.58. The molecule has 3 amide bonds. The molecule has 1 aromatic carbocycles. The van der Waals surface area contributed by atoms with Gasteiger partial charge in [-0.3, -0.25) is 19.1 Å². The van der Waals surface area contributed by atoms with Crippen molar-refractivity contribution in [3.05, 3.63) is 40.7 Å². The van der Waals surface area contributed by atoms with E-state index >= 15 is 0 Å². The maximum absolute atomic E-state index is 12.4. The number of hydrogen-bond acceptors (Lipinski definition) is 4. The number of carbonyl (C=O) groups excluding carboxylic acids is 3. The number of rotatable bonds is 5. The fourth-order valence-electron chi connectivity index (χ4n) is 2.32. The standard InChI is InChI=1S/C16H16ClN5O3/c1-22-7-12(13(21-22)14(18)23)20-16(25)10-5-4-9(6-11(10)17)19-15(24)8-2-3-8/h4-8H,2-3H2,1H3,(H2,18,23)(H,19,24)(H,20,25). The van der Waals surface area contributed by atoms with Gasteiger partial charge in [0.25, 0.3) is 11.8 Å². The van der Waals surface area contributed by atoms with E-state index in [2.05, 4.69) is 15.7 Å². The van der Waals surface area contributed by atoms with Crippen molar-refractivity contribution in [1.29, 1.82) is 0 Å². The summed E-state index contributed by atoms with van der Waals surface area (Å²) in [6.45, 7) is 0. The Bertz CT molecular complexity index is 873. The summed E-state index contributed by atoms with van der Waals surface area (Å²) in [6, 6.07) is 4.61. The van der Waals surface area contributed by atoms with Gasteiger partial charge < -0.3 is 16.4 Å². The molecule has 8 nitrogen and oxygen atoms in total. The van der Waals surface area contributed by atoms with Gasteiger partial charge in [0, 0.05) is 24.8 Å². The third kappa shape index (κ3) is 3.80. The monoisotopic (exact) mass is 361 g/mol. The topological polar surface area (TPSA) is 119 Å². The number of amides is 3. The molecule has 0 radical (unpaired) electrons. The molecule has 1 aliphatic rings. The van der Waals surface area contributed by atoms with Gasteiger partial charge >= 0.3 is 0 Å². The second kappa shape index (κ2) is 6.56. The summed E-state index contributed by atoms with van der Waals surface area (Å²) in [5.74, 6) is -1.24. The van der Waals surface area contributed by atoms with E-state index in [0.29, 0.717) is 5.69 Å². The second-order valence-electron chi connectivity index (χ2n) is 5.84. The van der Waals surface area contributed by atoms with Crippen LogP contribution in [0.25, 0.3) is 0 Å². The number of benzene rings is 1. The number of primary amides is 1. The molecule has 4 N–H and O–H groups in total. The van der Waals surface area contributed by atoms with Crippen molar-refractivity contribution in [3.8, 4) is 0 Å². The van der Waals surface area contributed by atoms with Crippen LogP contribution in [0.4, 0.5) is 11.4 Å². The van der Waals surface area contributed by atoms with Crippen LogP contribution in [0.1, 0.15) is 33.7 Å². The molecule has 3 rings (SSSR count). The minimum atomic E-state index is -0.750. The Morgan fingerprint density at radius 3 is 2.60 bits per heavy atom. The lowest BCUT2D eigenvalue weighted by molar-refractivity contribution is -0.117. The summed E-state index contributed by atoms with van der Waals surface area (Å²) >= 11 is 6.15. The van der Waals surface area contributed by atoms with Crippen molar-refractivity contribution < 1.29 is 14.4 Å². The summed E-state index contributed by atoms with van der Waals surface area (Å²) in [5, 5.41) is 9.39. The largest absolute Gasteiger partial charge is 0.364 e. The molecule has 130 valence electrons. The van der Waals surface area contributed by atoms with Gasteiger partial charge in [-0.2, -0.15) is 5.10 Å². The quantitative estimate of drug-likeness (QED) is 0.751. The summed E-state index contributed by atoms with van der Waals surface area (Å²) in [6.07, 6.45) is 3.26. The number of aryl methyl sites for hydroxylation is 1. The highest BCUT2D eigenvalue weighted by molar-refractivity contribution is 6.34. The molecule has 0 unspecified atom stereocenters. The predicted octanol–water partition coefficient (Wildman–Crippen LogP) is 1.77. The Hall–Kier alpha value is -2.87. The number of aromatic nitrogens is 2. The first-order valence-corrected chi connectivity index (χ1v) is 7.98. The zero-order valence-electron chi connectivity index (χ0n) is 13.4. The van der Waals surface area contributed by atoms with E-state index in [-0.39, 0.29) is 33.8 Å². The molecular weight excluding hydrogens is 346 g/mol. The van der Waals surface area contributed by atoms with E-state index in [1.165, 1.54) is 23.0 Å². The minimum Gasteiger partial charge on any atom is -0.364 e. The van der Waals surface area contributed by atoms with Crippen LogP contribution in [0.15, 0.2) is 24.4 Å². The highest BCUT2D eigenvalue weighted by Gasteiger charge is 2.29. The maximum Gasteiger partial charge on any atom is 0.271 e. The van der Waals surface area contributed by atoms with Crippen molar-refractivity contribution >= 4 is 40.7 Å². The summed E-state index contributed by atoms with van der Waals surface area (Å²) in [7, 11) is 1.60. The van der Waals surface area contributed by atoms with Crippen molar-refractivity contribution in [1.82, 2.24) is 9.78 Å². The van der Waals surface area contributed by atoms with Crippen molar-refractivity contribution in [2.75, 3.05) is 10.6 Å². The van der Waals surface area contributed by atoms with E-state index < -0.39 is 11.8 Å². The zero-order valence-corrected chi connectivity index (χ0v) is 14.1. The number of carbonyl (C=O) groups is 3. The van der Waals surface area contributed by atoms with Crippen LogP contribution in [-0.4, -0.2) is 27.5 Å². The van der Waals surface area contributed by atoms with Gasteiger partial charge in [0.1, 0.15) is 0 Å². The number of hydrogen-bond donors (Lipinski definition) is 3. The van der Waals surface area contributed by atoms with Gasteiger partial charge in [-0.05, 0) is 31.0 Å². The number of nitrogens with zero attached hydrogens (tertiary/aromatic N) is 2. The highest BCUT2D eigenvalue weighted by atomic mass is 35.5. The van der Waals surface area contributed by atoms with Crippen LogP contribution >= 0.6 is 11.6 Å². The normalized spacial score (nSPS) is 13.4. The lowest BCUT2D eigenvalue weighted by Crippen LogP contribution is -2.18. The molecule has 0 bridgehead atoms. The van der Waals surface area contributed by atoms with Gasteiger partial charge in [0.2, 0.25) is 5.91 Å². The highest BCUT2D eigenvalue weighted by Crippen LogP contribution is 2.31. The molecule has 0 saturated heterocycles. The van der Waals surface area contributed by atoms with Crippen LogP contribution in [0.2, 0.25) is 5.02 Å². The van der Waals surface area contributed by atoms with Gasteiger partial charge in [-0.15, -0.1) is 0 Å². The van der Waals surface area contributed by atoms with Crippen molar-refractivity contribution in [2.24, 2.45) is 18.7 Å². The molecule has 1 aromatic heterocycles. The van der Waals surface area contributed by atoms with Crippen molar-refractivity contribution in [3.63, 3.8) is 0 Å². The number of nitrogens with one attached hydrogen (secondary N) is 2. The molecule has 25 heavy (non-hydrogen) atoms. The fraction of sp³-hybridized carbons (Fsp3) is 0.250. The lowest BCUT2D eigenvalue weighted by atomic mass is 10.1. The third-order valence-electron chi connectivity index (χ3n) is 3.74. The smallest absolute Gasteiger partial charge is 0.271 e. The van der Waals surface area contributed by atoms with Gasteiger partial charge in [0.05, 0.1) is 16.3 Å². The second-order valence-corrected chi connectivity index (χ2v) is 6.25. The molecule has 1 heterocycles. The first-order valence-electron chi connectivity index (χ1n) is 7.60. The van der Waals surface area contributed by atoms with Crippen LogP contribution in [-0.2, 0) is 11.8 Å². The van der Waals surface area contributed by atoms with Gasteiger partial charge in [-0.25, -0.2) is 0 Å². The van der Waals surface area contributed by atoms with E-state index in [4.69, 9.17) is 17.3 Å². The lowest BCUT2D eigenvalue weighted by Gasteiger charge is -2.09. The molecule has 1 fully saturated rings. The number of halogens is 1. The zero-order chi connectivity index (χ0) is 18.1. The molecular formula is C16H16ClN5O3. The Morgan fingerprint density at radius 2 is 2.00 bits per heavy atom. The number of anilines is 2. The molecule has 1 aliphatic carbocycles. The molecule has 9 heteroatoms. The predicted molar refractivity (Wildman–Crippen MR) is 92.5 cm³/mol. The summed E-state index contributed by atoms with van der Waals surface area (Å²) in [4.78, 5) is 35.5. The molecule has 2 aromatic rings. The maximum atomic E-state index is 12.4. The van der Waals surface area contributed by atoms with E-state index in [9.17, 15) is 14.4 Å². The molecule has 0 atom stereocenters. The first-order chi connectivity index (χ1) is 11.8. The van der Waals surface area contributed by atoms with E-state index in [1.54, 1.807) is 13.1 Å². The average molecular weight is 362 g/mol. The summed E-state index contributed by atoms with van der Waals surface area (Å²) < 4.78 is 1.37. The Balaban J connectivity index is 1.76. The molecule has 0 spiro atoms. The molecule has 0 aliphatic heterocycles. The Kier molecular flexibility index (Phi) is 4.45. The van der Waals surface area contributed by atoms with Crippen LogP contribution < -0.4 is 16.4 Å². The SMILES string of the molecule is Cn1cc(NC(=O)c2ccc(NC(=O)C3CC3)cc2Cl)c(C(N)=O)n1. The van der Waals surface area contributed by atoms with Gasteiger partial charge in [0.15, 0.2) is 5.69 Å². The van der Waals surface area contributed by atoms with E-state index in [0.717, 1.165) is 12.8 Å². The molecule has 1 saturated carbocycles. The Morgan fingerprint density at radius 1 is 1.28 bits per heavy atom. The van der Waals surface area contributed by atoms with Crippen LogP contribution in [0, 0.1) is 5.92 Å². The van der Waals surface area contributed by atoms with Crippen LogP contribution in [0.3, 0.4) is 0 Å². The third-order valence-corrected chi connectivity index (χ3v) is 4.05. The van der Waals surface area contributed by atoms with Gasteiger partial charge in [-0.1, -0.05) is 11.6 Å². The first kappa shape index (κ1) is 17.0. The minimum absolute atomic E-state index is 0.0414. The van der Waals surface area contributed by atoms with Crippen molar-refractivity contribution in [2.45, 2.75) is 12.8 Å². The van der Waals surface area contributed by atoms with E-state index in [1.807, 2.05) is 0 Å². The number of nitrogens with two attached hydrogens (primary N) is 1. The Labute approximate surface area is 148 Å².